The van der Waals surface area contributed by atoms with E-state index < -0.39 is 23.8 Å². The fourth-order valence-electron chi connectivity index (χ4n) is 6.44. The fourth-order valence-corrected chi connectivity index (χ4v) is 6.44. The Balaban J connectivity index is 1.61. The number of carbonyl (C=O) groups is 3. The molecule has 0 radical (unpaired) electrons. The van der Waals surface area contributed by atoms with Gasteiger partial charge in [0.2, 0.25) is 0 Å². The predicted molar refractivity (Wildman–Crippen MR) is 119 cm³/mol. The Kier molecular flexibility index (Phi) is 6.54. The quantitative estimate of drug-likeness (QED) is 0.489. The van der Waals surface area contributed by atoms with Crippen molar-refractivity contribution < 1.29 is 33.3 Å². The molecule has 0 N–H and O–H groups in total. The second-order valence-electron chi connectivity index (χ2n) is 10.1. The highest BCUT2D eigenvalue weighted by atomic mass is 16.6. The van der Waals surface area contributed by atoms with Crippen molar-refractivity contribution in [1.82, 2.24) is 0 Å². The van der Waals surface area contributed by atoms with Crippen molar-refractivity contribution in [2.75, 3.05) is 7.11 Å². The molecule has 0 unspecified atom stereocenters. The van der Waals surface area contributed by atoms with Gasteiger partial charge >= 0.3 is 17.9 Å². The number of carbonyl (C=O) groups excluding carboxylic acids is 3. The number of hydrogen-bond acceptors (Lipinski definition) is 7. The van der Waals surface area contributed by atoms with Crippen LogP contribution < -0.4 is 0 Å². The molecule has 3 fully saturated rings. The number of ether oxygens (including phenoxy) is 4. The van der Waals surface area contributed by atoms with E-state index in [1.165, 1.54) is 14.0 Å². The molecule has 7 nitrogen and oxygen atoms in total. The van der Waals surface area contributed by atoms with E-state index in [1.54, 1.807) is 0 Å². The Morgan fingerprint density at radius 1 is 1.18 bits per heavy atom. The van der Waals surface area contributed by atoms with Gasteiger partial charge in [-0.15, -0.1) is 0 Å². The largest absolute Gasteiger partial charge is 0.462 e. The zero-order chi connectivity index (χ0) is 23.9. The average molecular weight is 459 g/mol. The Labute approximate surface area is 195 Å². The van der Waals surface area contributed by atoms with Crippen molar-refractivity contribution in [3.63, 3.8) is 0 Å². The number of rotatable bonds is 5. The van der Waals surface area contributed by atoms with E-state index in [4.69, 9.17) is 18.9 Å². The summed E-state index contributed by atoms with van der Waals surface area (Å²) in [6, 6.07) is 9.25. The van der Waals surface area contributed by atoms with Crippen molar-refractivity contribution in [1.29, 1.82) is 0 Å². The number of fused-ring (bicyclic) bond motifs is 3. The van der Waals surface area contributed by atoms with E-state index in [2.05, 4.69) is 0 Å². The second kappa shape index (κ2) is 9.09. The number of methoxy groups -OCH3 is 1. The van der Waals surface area contributed by atoms with Gasteiger partial charge in [-0.3, -0.25) is 9.59 Å². The molecule has 2 saturated carbocycles. The Morgan fingerprint density at radius 3 is 2.52 bits per heavy atom. The van der Waals surface area contributed by atoms with Gasteiger partial charge < -0.3 is 18.9 Å². The molecule has 33 heavy (non-hydrogen) atoms. The SMILES string of the molecule is CO[C@H](C(=O)O[C@H]1C[C@@H]2[C@H]([C@@H]1C)[C@H]1OC(=O)[C@@H](C)[C@@H]1CC[C@@]2(C)OC(C)=O)c1ccccc1. The summed E-state index contributed by atoms with van der Waals surface area (Å²) in [5.41, 5.74) is 0.0240. The maximum absolute atomic E-state index is 13.1. The van der Waals surface area contributed by atoms with Crippen LogP contribution in [-0.4, -0.2) is 42.8 Å². The average Bonchev–Trinajstić information content (AvgIpc) is 3.20. The molecule has 4 rings (SSSR count). The molecular formula is C26H34O7. The van der Waals surface area contributed by atoms with Crippen molar-refractivity contribution >= 4 is 17.9 Å². The first-order valence-corrected chi connectivity index (χ1v) is 11.8. The zero-order valence-electron chi connectivity index (χ0n) is 20.0. The molecule has 1 aromatic rings. The van der Waals surface area contributed by atoms with Gasteiger partial charge in [0.1, 0.15) is 17.8 Å². The van der Waals surface area contributed by atoms with Crippen LogP contribution in [0.15, 0.2) is 30.3 Å². The summed E-state index contributed by atoms with van der Waals surface area (Å²) >= 11 is 0. The van der Waals surface area contributed by atoms with Gasteiger partial charge in [0, 0.05) is 31.8 Å². The summed E-state index contributed by atoms with van der Waals surface area (Å²) in [7, 11) is 1.49. The number of hydrogen-bond donors (Lipinski definition) is 0. The van der Waals surface area contributed by atoms with Crippen molar-refractivity contribution in [3.8, 4) is 0 Å². The topological polar surface area (TPSA) is 88.1 Å². The van der Waals surface area contributed by atoms with E-state index in [1.807, 2.05) is 51.1 Å². The summed E-state index contributed by atoms with van der Waals surface area (Å²) in [6.45, 7) is 7.35. The molecule has 0 spiro atoms. The molecular weight excluding hydrogens is 424 g/mol. The first-order valence-electron chi connectivity index (χ1n) is 11.8. The Bertz CT molecular complexity index is 899. The van der Waals surface area contributed by atoms with Gasteiger partial charge in [-0.25, -0.2) is 4.79 Å². The molecule has 2 aliphatic carbocycles. The van der Waals surface area contributed by atoms with Crippen LogP contribution in [-0.2, 0) is 33.3 Å². The number of esters is 3. The minimum Gasteiger partial charge on any atom is -0.462 e. The van der Waals surface area contributed by atoms with E-state index >= 15 is 0 Å². The summed E-state index contributed by atoms with van der Waals surface area (Å²) in [4.78, 5) is 37.5. The summed E-state index contributed by atoms with van der Waals surface area (Å²) in [6.07, 6.45) is 0.472. The van der Waals surface area contributed by atoms with Crippen LogP contribution in [0.1, 0.15) is 58.6 Å². The van der Waals surface area contributed by atoms with Crippen LogP contribution in [0.3, 0.4) is 0 Å². The maximum atomic E-state index is 13.1. The monoisotopic (exact) mass is 458 g/mol. The van der Waals surface area contributed by atoms with E-state index in [9.17, 15) is 14.4 Å². The van der Waals surface area contributed by atoms with E-state index in [0.717, 1.165) is 12.0 Å². The minimum atomic E-state index is -0.819. The fraction of sp³-hybridized carbons (Fsp3) is 0.654. The molecule has 3 aliphatic rings. The lowest BCUT2D eigenvalue weighted by atomic mass is 9.75. The highest BCUT2D eigenvalue weighted by molar-refractivity contribution is 5.77. The van der Waals surface area contributed by atoms with Crippen LogP contribution in [0.25, 0.3) is 0 Å². The molecule has 1 saturated heterocycles. The van der Waals surface area contributed by atoms with Crippen LogP contribution in [0.5, 0.6) is 0 Å². The maximum Gasteiger partial charge on any atom is 0.340 e. The molecule has 1 heterocycles. The number of benzene rings is 1. The molecule has 1 aromatic carbocycles. The molecule has 0 aromatic heterocycles. The molecule has 180 valence electrons. The lowest BCUT2D eigenvalue weighted by Crippen LogP contribution is -2.43. The first-order chi connectivity index (χ1) is 15.7. The van der Waals surface area contributed by atoms with Gasteiger partial charge in [-0.05, 0) is 37.7 Å². The van der Waals surface area contributed by atoms with Crippen molar-refractivity contribution in [2.45, 2.75) is 70.9 Å². The third-order valence-electron chi connectivity index (χ3n) is 8.17. The van der Waals surface area contributed by atoms with Gasteiger partial charge in [-0.2, -0.15) is 0 Å². The van der Waals surface area contributed by atoms with Crippen molar-refractivity contribution in [3.05, 3.63) is 35.9 Å². The first kappa shape index (κ1) is 23.7. The summed E-state index contributed by atoms with van der Waals surface area (Å²) in [5, 5.41) is 0. The zero-order valence-corrected chi connectivity index (χ0v) is 20.0. The Morgan fingerprint density at radius 2 is 1.88 bits per heavy atom. The van der Waals surface area contributed by atoms with Crippen LogP contribution >= 0.6 is 0 Å². The molecule has 1 aliphatic heterocycles. The van der Waals surface area contributed by atoms with Gasteiger partial charge in [0.25, 0.3) is 0 Å². The smallest absolute Gasteiger partial charge is 0.340 e. The second-order valence-corrected chi connectivity index (χ2v) is 10.1. The highest BCUT2D eigenvalue weighted by Gasteiger charge is 2.61. The lowest BCUT2D eigenvalue weighted by Gasteiger charge is -2.37. The van der Waals surface area contributed by atoms with Crippen molar-refractivity contribution in [2.24, 2.45) is 29.6 Å². The van der Waals surface area contributed by atoms with E-state index in [-0.39, 0.29) is 47.6 Å². The molecule has 9 atom stereocenters. The molecule has 0 bridgehead atoms. The third-order valence-corrected chi connectivity index (χ3v) is 8.17. The van der Waals surface area contributed by atoms with Gasteiger partial charge in [0.05, 0.1) is 5.92 Å². The van der Waals surface area contributed by atoms with Gasteiger partial charge in [0.15, 0.2) is 6.10 Å². The van der Waals surface area contributed by atoms with Gasteiger partial charge in [-0.1, -0.05) is 44.2 Å². The summed E-state index contributed by atoms with van der Waals surface area (Å²) in [5.74, 6) is -1.28. The Hall–Kier alpha value is -2.41. The highest BCUT2D eigenvalue weighted by Crippen LogP contribution is 2.56. The van der Waals surface area contributed by atoms with Crippen LogP contribution in [0.2, 0.25) is 0 Å². The minimum absolute atomic E-state index is 0.0636. The predicted octanol–water partition coefficient (Wildman–Crippen LogP) is 3.85. The summed E-state index contributed by atoms with van der Waals surface area (Å²) < 4.78 is 23.3. The standard InChI is InChI=1S/C26H34O7/c1-14-18-11-12-26(4,33-16(3)27)19-13-20(15(2)21(19)23(18)32-24(14)28)31-25(29)22(30-5)17-9-7-6-8-10-17/h6-10,14-15,18-23H,11-13H2,1-5H3/t14-,15+,18-,19+,20-,21-,22-,23-,26+/m0/s1. The molecule has 7 heteroatoms. The lowest BCUT2D eigenvalue weighted by molar-refractivity contribution is -0.167. The third kappa shape index (κ3) is 4.27. The normalized spacial score (nSPS) is 38.5. The van der Waals surface area contributed by atoms with Crippen LogP contribution in [0, 0.1) is 29.6 Å². The van der Waals surface area contributed by atoms with E-state index in [0.29, 0.717) is 12.8 Å². The molecule has 0 amide bonds. The van der Waals surface area contributed by atoms with Crippen LogP contribution in [0.4, 0.5) is 0 Å².